The third-order valence-corrected chi connectivity index (χ3v) is 1.70. The fourth-order valence-corrected chi connectivity index (χ4v) is 0.858. The van der Waals surface area contributed by atoms with Crippen molar-refractivity contribution in [2.24, 2.45) is 0 Å². The molecule has 3 nitrogen and oxygen atoms in total. The van der Waals surface area contributed by atoms with Crippen molar-refractivity contribution in [2.45, 2.75) is 26.2 Å². The third kappa shape index (κ3) is 7.43. The molecule has 3 heteroatoms. The van der Waals surface area contributed by atoms with Crippen LogP contribution in [0.4, 0.5) is 11.4 Å². The van der Waals surface area contributed by atoms with Crippen LogP contribution in [0.5, 0.6) is 0 Å². The number of benzene rings is 1. The number of aliphatic hydroxyl groups excluding tert-OH is 1. The molecule has 1 aromatic carbocycles. The van der Waals surface area contributed by atoms with Gasteiger partial charge in [-0.1, -0.05) is 19.8 Å². The lowest BCUT2D eigenvalue weighted by Gasteiger charge is -1.90. The van der Waals surface area contributed by atoms with Gasteiger partial charge in [0.2, 0.25) is 0 Å². The minimum atomic E-state index is 0.355. The summed E-state index contributed by atoms with van der Waals surface area (Å²) >= 11 is 0. The van der Waals surface area contributed by atoms with E-state index in [-0.39, 0.29) is 0 Å². The molecule has 0 bridgehead atoms. The van der Waals surface area contributed by atoms with Crippen molar-refractivity contribution < 1.29 is 5.11 Å². The molecule has 0 radical (unpaired) electrons. The number of unbranched alkanes of at least 4 members (excludes halogenated alkanes) is 2. The molecular formula is C11H20N2O. The molecule has 0 atom stereocenters. The first-order chi connectivity index (χ1) is 6.70. The zero-order chi connectivity index (χ0) is 10.8. The third-order valence-electron chi connectivity index (χ3n) is 1.70. The van der Waals surface area contributed by atoms with Crippen LogP contribution in [0.3, 0.4) is 0 Å². The van der Waals surface area contributed by atoms with Gasteiger partial charge >= 0.3 is 0 Å². The van der Waals surface area contributed by atoms with Crippen molar-refractivity contribution in [3.8, 4) is 0 Å². The highest BCUT2D eigenvalue weighted by Crippen LogP contribution is 2.04. The molecule has 1 aromatic rings. The number of hydrogen-bond donors (Lipinski definition) is 3. The van der Waals surface area contributed by atoms with Gasteiger partial charge in [-0.05, 0) is 30.7 Å². The van der Waals surface area contributed by atoms with Gasteiger partial charge in [0.05, 0.1) is 0 Å². The molecule has 80 valence electrons. The summed E-state index contributed by atoms with van der Waals surface area (Å²) in [7, 11) is 0. The van der Waals surface area contributed by atoms with Gasteiger partial charge in [0.15, 0.2) is 0 Å². The van der Waals surface area contributed by atoms with Crippen molar-refractivity contribution >= 4 is 11.4 Å². The molecular weight excluding hydrogens is 176 g/mol. The highest BCUT2D eigenvalue weighted by atomic mass is 16.2. The van der Waals surface area contributed by atoms with E-state index in [1.807, 2.05) is 0 Å². The normalized spacial score (nSPS) is 9.00. The molecule has 0 unspecified atom stereocenters. The van der Waals surface area contributed by atoms with E-state index in [9.17, 15) is 0 Å². The molecule has 0 spiro atoms. The highest BCUT2D eigenvalue weighted by Gasteiger charge is 1.80. The molecule has 0 saturated heterocycles. The lowest BCUT2D eigenvalue weighted by molar-refractivity contribution is 0.284. The molecule has 1 rings (SSSR count). The lowest BCUT2D eigenvalue weighted by Crippen LogP contribution is -1.86. The van der Waals surface area contributed by atoms with Crippen LogP contribution in [0.2, 0.25) is 0 Å². The summed E-state index contributed by atoms with van der Waals surface area (Å²) in [6.45, 7) is 2.48. The largest absolute Gasteiger partial charge is 0.399 e. The van der Waals surface area contributed by atoms with Crippen LogP contribution in [-0.4, -0.2) is 11.7 Å². The molecule has 0 heterocycles. The topological polar surface area (TPSA) is 72.3 Å². The van der Waals surface area contributed by atoms with Gasteiger partial charge in [-0.15, -0.1) is 0 Å². The molecule has 0 aliphatic rings. The minimum Gasteiger partial charge on any atom is -0.399 e. The molecule has 0 aromatic heterocycles. The van der Waals surface area contributed by atoms with E-state index in [0.29, 0.717) is 6.61 Å². The van der Waals surface area contributed by atoms with Crippen molar-refractivity contribution in [1.82, 2.24) is 0 Å². The quantitative estimate of drug-likeness (QED) is 0.511. The standard InChI is InChI=1S/C6H8N2.C5H12O/c7-5-1-2-6(8)4-3-5;1-2-3-4-5-6/h1-4H,7-8H2;6H,2-5H2,1H3. The van der Waals surface area contributed by atoms with Crippen LogP contribution in [0.15, 0.2) is 24.3 Å². The maximum Gasteiger partial charge on any atom is 0.0431 e. The Labute approximate surface area is 85.7 Å². The monoisotopic (exact) mass is 196 g/mol. The predicted molar refractivity (Wildman–Crippen MR) is 61.9 cm³/mol. The van der Waals surface area contributed by atoms with Crippen molar-refractivity contribution in [1.29, 1.82) is 0 Å². The van der Waals surface area contributed by atoms with Crippen molar-refractivity contribution in [2.75, 3.05) is 18.1 Å². The SMILES string of the molecule is CCCCCO.Nc1ccc(N)cc1. The van der Waals surface area contributed by atoms with Gasteiger partial charge in [-0.2, -0.15) is 0 Å². The zero-order valence-corrected chi connectivity index (χ0v) is 8.74. The van der Waals surface area contributed by atoms with Crippen molar-refractivity contribution in [3.63, 3.8) is 0 Å². The Morgan fingerprint density at radius 1 is 1.00 bits per heavy atom. The Kier molecular flexibility index (Phi) is 7.65. The fourth-order valence-electron chi connectivity index (χ4n) is 0.858. The Morgan fingerprint density at radius 2 is 1.43 bits per heavy atom. The molecule has 0 aliphatic heterocycles. The van der Waals surface area contributed by atoms with Crippen LogP contribution in [-0.2, 0) is 0 Å². The number of nitrogens with two attached hydrogens (primary N) is 2. The summed E-state index contributed by atoms with van der Waals surface area (Å²) in [5.41, 5.74) is 12.2. The maximum atomic E-state index is 8.20. The Balaban J connectivity index is 0.000000255. The van der Waals surface area contributed by atoms with Gasteiger partial charge in [0.25, 0.3) is 0 Å². The molecule has 0 aliphatic carbocycles. The minimum absolute atomic E-state index is 0.355. The Morgan fingerprint density at radius 3 is 1.64 bits per heavy atom. The summed E-state index contributed by atoms with van der Waals surface area (Å²) in [4.78, 5) is 0. The van der Waals surface area contributed by atoms with Gasteiger partial charge in [0, 0.05) is 18.0 Å². The highest BCUT2D eigenvalue weighted by molar-refractivity contribution is 5.47. The summed E-state index contributed by atoms with van der Waals surface area (Å²) in [5.74, 6) is 0. The number of anilines is 2. The summed E-state index contributed by atoms with van der Waals surface area (Å²) in [6.07, 6.45) is 3.33. The summed E-state index contributed by atoms with van der Waals surface area (Å²) in [5, 5.41) is 8.20. The van der Waals surface area contributed by atoms with Gasteiger partial charge < -0.3 is 16.6 Å². The molecule has 0 amide bonds. The van der Waals surface area contributed by atoms with E-state index in [2.05, 4.69) is 6.92 Å². The van der Waals surface area contributed by atoms with Crippen LogP contribution in [0.25, 0.3) is 0 Å². The van der Waals surface area contributed by atoms with Crippen LogP contribution < -0.4 is 11.5 Å². The predicted octanol–water partition coefficient (Wildman–Crippen LogP) is 2.02. The van der Waals surface area contributed by atoms with Gasteiger partial charge in [0.1, 0.15) is 0 Å². The first-order valence-electron chi connectivity index (χ1n) is 4.92. The molecule has 14 heavy (non-hydrogen) atoms. The van der Waals surface area contributed by atoms with Crippen LogP contribution >= 0.6 is 0 Å². The average molecular weight is 196 g/mol. The number of aliphatic hydroxyl groups is 1. The number of rotatable bonds is 3. The maximum absolute atomic E-state index is 8.20. The molecule has 0 saturated carbocycles. The first kappa shape index (κ1) is 12.8. The smallest absolute Gasteiger partial charge is 0.0431 e. The fraction of sp³-hybridized carbons (Fsp3) is 0.455. The zero-order valence-electron chi connectivity index (χ0n) is 8.74. The van der Waals surface area contributed by atoms with E-state index in [0.717, 1.165) is 24.2 Å². The summed E-state index contributed by atoms with van der Waals surface area (Å²) in [6, 6.07) is 7.09. The van der Waals surface area contributed by atoms with E-state index < -0.39 is 0 Å². The van der Waals surface area contributed by atoms with E-state index in [4.69, 9.17) is 16.6 Å². The number of hydrogen-bond acceptors (Lipinski definition) is 3. The Bertz CT molecular complexity index is 196. The average Bonchev–Trinajstić information content (AvgIpc) is 2.20. The second-order valence-electron chi connectivity index (χ2n) is 3.10. The molecule has 5 N–H and O–H groups in total. The second-order valence-corrected chi connectivity index (χ2v) is 3.10. The molecule has 0 fully saturated rings. The van der Waals surface area contributed by atoms with Gasteiger partial charge in [-0.3, -0.25) is 0 Å². The number of nitrogen functional groups attached to an aromatic ring is 2. The van der Waals surface area contributed by atoms with Crippen molar-refractivity contribution in [3.05, 3.63) is 24.3 Å². The first-order valence-corrected chi connectivity index (χ1v) is 4.92. The van der Waals surface area contributed by atoms with E-state index >= 15 is 0 Å². The van der Waals surface area contributed by atoms with Crippen LogP contribution in [0, 0.1) is 0 Å². The second kappa shape index (κ2) is 8.38. The summed E-state index contributed by atoms with van der Waals surface area (Å²) < 4.78 is 0. The Hall–Kier alpha value is -1.22. The van der Waals surface area contributed by atoms with E-state index in [1.54, 1.807) is 24.3 Å². The van der Waals surface area contributed by atoms with E-state index in [1.165, 1.54) is 6.42 Å². The lowest BCUT2D eigenvalue weighted by atomic mass is 10.3. The van der Waals surface area contributed by atoms with Gasteiger partial charge in [-0.25, -0.2) is 0 Å². The van der Waals surface area contributed by atoms with Crippen LogP contribution in [0.1, 0.15) is 26.2 Å².